The minimum absolute atomic E-state index is 0.0122. The number of likely N-dealkylation sites (tertiary alicyclic amines) is 1. The number of carbonyl (C=O) groups is 1. The quantitative estimate of drug-likeness (QED) is 0.864. The average Bonchev–Trinajstić information content (AvgIpc) is 3.13. The summed E-state index contributed by atoms with van der Waals surface area (Å²) in [6, 6.07) is 4.11. The maximum Gasteiger partial charge on any atom is 0.317 e. The summed E-state index contributed by atoms with van der Waals surface area (Å²) in [7, 11) is 0. The fraction of sp³-hybridized carbons (Fsp3) is 0.550. The van der Waals surface area contributed by atoms with Crippen LogP contribution in [0.2, 0.25) is 0 Å². The van der Waals surface area contributed by atoms with E-state index in [0.717, 1.165) is 36.6 Å². The Kier molecular flexibility index (Phi) is 5.61. The summed E-state index contributed by atoms with van der Waals surface area (Å²) in [4.78, 5) is 23.3. The molecule has 1 aliphatic rings. The van der Waals surface area contributed by atoms with Crippen LogP contribution in [-0.4, -0.2) is 34.0 Å². The van der Waals surface area contributed by atoms with E-state index in [2.05, 4.69) is 48.6 Å². The molecule has 2 aromatic rings. The fourth-order valence-electron chi connectivity index (χ4n) is 3.22. The zero-order valence-electron chi connectivity index (χ0n) is 16.0. The van der Waals surface area contributed by atoms with Gasteiger partial charge in [-0.15, -0.1) is 11.3 Å². The van der Waals surface area contributed by atoms with Gasteiger partial charge in [-0.25, -0.2) is 9.78 Å². The second kappa shape index (κ2) is 7.74. The SMILES string of the molecule is C[C@H](NC(=O)N1CCC(c2ccncc2)CC1)c1nc(C(C)(C)C)cs1. The van der Waals surface area contributed by atoms with Crippen LogP contribution in [0.3, 0.4) is 0 Å². The van der Waals surface area contributed by atoms with E-state index >= 15 is 0 Å². The van der Waals surface area contributed by atoms with Crippen molar-refractivity contribution in [2.75, 3.05) is 13.1 Å². The third-order valence-electron chi connectivity index (χ3n) is 4.96. The Hall–Kier alpha value is -1.95. The number of urea groups is 1. The van der Waals surface area contributed by atoms with Crippen LogP contribution in [0, 0.1) is 0 Å². The number of carbonyl (C=O) groups excluding carboxylic acids is 1. The first-order valence-corrected chi connectivity index (χ1v) is 10.1. The molecule has 1 N–H and O–H groups in total. The molecule has 0 aromatic carbocycles. The number of hydrogen-bond donors (Lipinski definition) is 1. The van der Waals surface area contributed by atoms with Gasteiger partial charge in [-0.1, -0.05) is 20.8 Å². The average molecular weight is 373 g/mol. The molecular weight excluding hydrogens is 344 g/mol. The maximum atomic E-state index is 12.6. The lowest BCUT2D eigenvalue weighted by molar-refractivity contribution is 0.178. The molecule has 3 heterocycles. The highest BCUT2D eigenvalue weighted by Crippen LogP contribution is 2.29. The molecule has 5 nitrogen and oxygen atoms in total. The fourth-order valence-corrected chi connectivity index (χ4v) is 4.27. The highest BCUT2D eigenvalue weighted by molar-refractivity contribution is 7.09. The standard InChI is InChI=1S/C20H28N4OS/c1-14(18-23-17(13-26-18)20(2,3)4)22-19(25)24-11-7-16(8-12-24)15-5-9-21-10-6-15/h5-6,9-10,13-14,16H,7-8,11-12H2,1-4H3,(H,22,25)/t14-/m0/s1. The topological polar surface area (TPSA) is 58.1 Å². The molecular formula is C20H28N4OS. The largest absolute Gasteiger partial charge is 0.329 e. The first-order chi connectivity index (χ1) is 12.3. The van der Waals surface area contributed by atoms with Gasteiger partial charge >= 0.3 is 6.03 Å². The van der Waals surface area contributed by atoms with Gasteiger partial charge in [0.15, 0.2) is 0 Å². The Morgan fingerprint density at radius 2 is 1.92 bits per heavy atom. The van der Waals surface area contributed by atoms with Crippen molar-refractivity contribution >= 4 is 17.4 Å². The van der Waals surface area contributed by atoms with Crippen molar-refractivity contribution in [2.24, 2.45) is 0 Å². The van der Waals surface area contributed by atoms with Crippen LogP contribution in [0.25, 0.3) is 0 Å². The van der Waals surface area contributed by atoms with Crippen molar-refractivity contribution in [2.45, 2.75) is 57.9 Å². The Bertz CT molecular complexity index is 730. The van der Waals surface area contributed by atoms with Crippen molar-refractivity contribution < 1.29 is 4.79 Å². The lowest BCUT2D eigenvalue weighted by Crippen LogP contribution is -2.44. The molecule has 0 spiro atoms. The van der Waals surface area contributed by atoms with Crippen LogP contribution in [0.15, 0.2) is 29.9 Å². The van der Waals surface area contributed by atoms with Crippen molar-refractivity contribution in [3.05, 3.63) is 46.2 Å². The first-order valence-electron chi connectivity index (χ1n) is 9.26. The number of thiazole rings is 1. The van der Waals surface area contributed by atoms with E-state index in [9.17, 15) is 4.79 Å². The van der Waals surface area contributed by atoms with E-state index in [0.29, 0.717) is 5.92 Å². The number of piperidine rings is 1. The van der Waals surface area contributed by atoms with E-state index in [-0.39, 0.29) is 17.5 Å². The van der Waals surface area contributed by atoms with Crippen LogP contribution in [0.1, 0.15) is 68.8 Å². The lowest BCUT2D eigenvalue weighted by atomic mass is 9.90. The van der Waals surface area contributed by atoms with Gasteiger partial charge in [0, 0.05) is 36.3 Å². The molecule has 1 saturated heterocycles. The summed E-state index contributed by atoms with van der Waals surface area (Å²) < 4.78 is 0. The molecule has 0 radical (unpaired) electrons. The first kappa shape index (κ1) is 18.8. The molecule has 6 heteroatoms. The number of amides is 2. The lowest BCUT2D eigenvalue weighted by Gasteiger charge is -2.32. The third kappa shape index (κ3) is 4.41. The second-order valence-corrected chi connectivity index (χ2v) is 8.92. The highest BCUT2D eigenvalue weighted by Gasteiger charge is 2.26. The van der Waals surface area contributed by atoms with Gasteiger partial charge in [-0.3, -0.25) is 4.98 Å². The summed E-state index contributed by atoms with van der Waals surface area (Å²) in [6.07, 6.45) is 5.68. The molecule has 1 aliphatic heterocycles. The Morgan fingerprint density at radius 1 is 1.27 bits per heavy atom. The zero-order chi connectivity index (χ0) is 18.7. The molecule has 0 saturated carbocycles. The summed E-state index contributed by atoms with van der Waals surface area (Å²) in [5.74, 6) is 0.521. The van der Waals surface area contributed by atoms with E-state index in [1.807, 2.05) is 24.2 Å². The van der Waals surface area contributed by atoms with Crippen LogP contribution in [-0.2, 0) is 5.41 Å². The summed E-state index contributed by atoms with van der Waals surface area (Å²) >= 11 is 1.62. The molecule has 0 bridgehead atoms. The zero-order valence-corrected chi connectivity index (χ0v) is 16.8. The van der Waals surface area contributed by atoms with Gasteiger partial charge in [-0.2, -0.15) is 0 Å². The normalized spacial score (nSPS) is 17.2. The van der Waals surface area contributed by atoms with Gasteiger partial charge in [0.25, 0.3) is 0 Å². The van der Waals surface area contributed by atoms with Crippen molar-refractivity contribution in [1.82, 2.24) is 20.2 Å². The van der Waals surface area contributed by atoms with E-state index < -0.39 is 0 Å². The van der Waals surface area contributed by atoms with Crippen LogP contribution in [0.4, 0.5) is 4.79 Å². The monoisotopic (exact) mass is 372 g/mol. The molecule has 2 aromatic heterocycles. The van der Waals surface area contributed by atoms with Gasteiger partial charge in [-0.05, 0) is 43.4 Å². The van der Waals surface area contributed by atoms with Crippen LogP contribution >= 0.6 is 11.3 Å². The minimum atomic E-state index is -0.0680. The third-order valence-corrected chi connectivity index (χ3v) is 5.99. The molecule has 26 heavy (non-hydrogen) atoms. The number of nitrogens with one attached hydrogen (secondary N) is 1. The van der Waals surface area contributed by atoms with E-state index in [1.165, 1.54) is 5.56 Å². The van der Waals surface area contributed by atoms with Gasteiger partial charge in [0.05, 0.1) is 11.7 Å². The summed E-state index contributed by atoms with van der Waals surface area (Å²) in [5, 5.41) is 6.17. The van der Waals surface area contributed by atoms with Crippen LogP contribution < -0.4 is 5.32 Å². The van der Waals surface area contributed by atoms with Crippen molar-refractivity contribution in [1.29, 1.82) is 0 Å². The highest BCUT2D eigenvalue weighted by atomic mass is 32.1. The summed E-state index contributed by atoms with van der Waals surface area (Å²) in [5.41, 5.74) is 2.44. The Balaban J connectivity index is 1.53. The Morgan fingerprint density at radius 3 is 2.50 bits per heavy atom. The Labute approximate surface area is 159 Å². The van der Waals surface area contributed by atoms with E-state index in [1.54, 1.807) is 11.3 Å². The van der Waals surface area contributed by atoms with Gasteiger partial charge < -0.3 is 10.2 Å². The second-order valence-electron chi connectivity index (χ2n) is 8.03. The molecule has 1 fully saturated rings. The van der Waals surface area contributed by atoms with Crippen molar-refractivity contribution in [3.8, 4) is 0 Å². The molecule has 0 aliphatic carbocycles. The predicted molar refractivity (Wildman–Crippen MR) is 106 cm³/mol. The molecule has 0 unspecified atom stereocenters. The number of nitrogens with zero attached hydrogens (tertiary/aromatic N) is 3. The molecule has 2 amide bonds. The summed E-state index contributed by atoms with van der Waals surface area (Å²) in [6.45, 7) is 10.0. The predicted octanol–water partition coefficient (Wildman–Crippen LogP) is 4.49. The van der Waals surface area contributed by atoms with Crippen molar-refractivity contribution in [3.63, 3.8) is 0 Å². The van der Waals surface area contributed by atoms with Gasteiger partial charge in [0.1, 0.15) is 5.01 Å². The maximum absolute atomic E-state index is 12.6. The smallest absolute Gasteiger partial charge is 0.317 e. The van der Waals surface area contributed by atoms with Gasteiger partial charge in [0.2, 0.25) is 0 Å². The van der Waals surface area contributed by atoms with Crippen LogP contribution in [0.5, 0.6) is 0 Å². The minimum Gasteiger partial charge on any atom is -0.329 e. The van der Waals surface area contributed by atoms with E-state index in [4.69, 9.17) is 4.98 Å². The number of aromatic nitrogens is 2. The molecule has 3 rings (SSSR count). The number of pyridine rings is 1. The molecule has 140 valence electrons. The molecule has 1 atom stereocenters. The number of hydrogen-bond acceptors (Lipinski definition) is 4. The number of rotatable bonds is 3.